The number of hydrogen-bond donors (Lipinski definition) is 1. The van der Waals surface area contributed by atoms with Crippen molar-refractivity contribution in [2.24, 2.45) is 5.41 Å². The maximum Gasteiger partial charge on any atom is 0.157 e. The first-order valence-corrected chi connectivity index (χ1v) is 6.33. The Balaban J connectivity index is 2.53. The van der Waals surface area contributed by atoms with Crippen LogP contribution in [0.3, 0.4) is 0 Å². The predicted octanol–water partition coefficient (Wildman–Crippen LogP) is 2.31. The lowest BCUT2D eigenvalue weighted by Crippen LogP contribution is -2.33. The molecule has 1 aromatic rings. The third-order valence-corrected chi connectivity index (χ3v) is 2.42. The summed E-state index contributed by atoms with van der Waals surface area (Å²) in [4.78, 5) is 0. The Bertz CT molecular complexity index is 331. The molecule has 0 radical (unpaired) electrons. The van der Waals surface area contributed by atoms with E-state index in [9.17, 15) is 0 Å². The third kappa shape index (κ3) is 5.22. The van der Waals surface area contributed by atoms with Crippen molar-refractivity contribution in [2.45, 2.75) is 47.3 Å². The molecule has 0 unspecified atom stereocenters. The highest BCUT2D eigenvalue weighted by molar-refractivity contribution is 5.12. The molecule has 0 aliphatic rings. The van der Waals surface area contributed by atoms with Crippen molar-refractivity contribution in [1.82, 2.24) is 15.1 Å². The van der Waals surface area contributed by atoms with E-state index in [0.717, 1.165) is 25.4 Å². The minimum absolute atomic E-state index is 0.192. The highest BCUT2D eigenvalue weighted by atomic mass is 16.5. The number of rotatable bonds is 7. The second-order valence-electron chi connectivity index (χ2n) is 5.48. The quantitative estimate of drug-likeness (QED) is 0.793. The van der Waals surface area contributed by atoms with Crippen molar-refractivity contribution in [3.8, 4) is 5.75 Å². The Morgan fingerprint density at radius 2 is 2.18 bits per heavy atom. The molecule has 0 saturated carbocycles. The van der Waals surface area contributed by atoms with E-state index in [1.165, 1.54) is 0 Å². The molecule has 0 bridgehead atoms. The first-order valence-electron chi connectivity index (χ1n) is 6.33. The van der Waals surface area contributed by atoms with E-state index in [-0.39, 0.29) is 11.5 Å². The summed E-state index contributed by atoms with van der Waals surface area (Å²) in [6.45, 7) is 13.5. The summed E-state index contributed by atoms with van der Waals surface area (Å²) in [5, 5.41) is 7.70. The van der Waals surface area contributed by atoms with Crippen molar-refractivity contribution in [3.63, 3.8) is 0 Å². The molecule has 0 fully saturated rings. The maximum absolute atomic E-state index is 5.59. The van der Waals surface area contributed by atoms with Crippen molar-refractivity contribution >= 4 is 0 Å². The summed E-state index contributed by atoms with van der Waals surface area (Å²) in [6, 6.07) is 0. The number of ether oxygens (including phenoxy) is 1. The highest BCUT2D eigenvalue weighted by Gasteiger charge is 2.18. The first kappa shape index (κ1) is 14.0. The van der Waals surface area contributed by atoms with E-state index in [4.69, 9.17) is 4.74 Å². The molecular weight excluding hydrogens is 214 g/mol. The molecule has 1 heterocycles. The van der Waals surface area contributed by atoms with Gasteiger partial charge in [0.05, 0.1) is 18.5 Å². The van der Waals surface area contributed by atoms with Crippen LogP contribution in [0.2, 0.25) is 0 Å². The van der Waals surface area contributed by atoms with E-state index in [0.29, 0.717) is 0 Å². The molecule has 1 rings (SSSR count). The zero-order valence-corrected chi connectivity index (χ0v) is 11.7. The average molecular weight is 239 g/mol. The van der Waals surface area contributed by atoms with Crippen molar-refractivity contribution in [2.75, 3.05) is 13.1 Å². The topological polar surface area (TPSA) is 39.1 Å². The van der Waals surface area contributed by atoms with Gasteiger partial charge in [0.2, 0.25) is 0 Å². The van der Waals surface area contributed by atoms with Crippen LogP contribution in [0.15, 0.2) is 12.4 Å². The van der Waals surface area contributed by atoms with E-state index >= 15 is 0 Å². The van der Waals surface area contributed by atoms with Gasteiger partial charge < -0.3 is 10.1 Å². The van der Waals surface area contributed by atoms with Crippen molar-refractivity contribution < 1.29 is 4.74 Å². The molecule has 1 N–H and O–H groups in total. The molecule has 0 aliphatic heterocycles. The van der Waals surface area contributed by atoms with Gasteiger partial charge >= 0.3 is 0 Å². The van der Waals surface area contributed by atoms with Crippen molar-refractivity contribution in [1.29, 1.82) is 0 Å². The van der Waals surface area contributed by atoms with Crippen LogP contribution in [0.1, 0.15) is 34.6 Å². The van der Waals surface area contributed by atoms with Gasteiger partial charge in [-0.15, -0.1) is 0 Å². The summed E-state index contributed by atoms with van der Waals surface area (Å²) in [5.74, 6) is 0.847. The molecule has 0 atom stereocenters. The van der Waals surface area contributed by atoms with E-state index in [1.54, 1.807) is 6.20 Å². The highest BCUT2D eigenvalue weighted by Crippen LogP contribution is 2.18. The zero-order chi connectivity index (χ0) is 12.9. The SMILES string of the molecule is CCNCC(C)(C)Cn1cc(OC(C)C)cn1. The Morgan fingerprint density at radius 1 is 1.47 bits per heavy atom. The van der Waals surface area contributed by atoms with Crippen LogP contribution in [0.25, 0.3) is 0 Å². The zero-order valence-electron chi connectivity index (χ0n) is 11.7. The van der Waals surface area contributed by atoms with Crippen LogP contribution in [0.4, 0.5) is 0 Å². The summed E-state index contributed by atoms with van der Waals surface area (Å²) in [6.07, 6.45) is 3.94. The van der Waals surface area contributed by atoms with Crippen LogP contribution in [0, 0.1) is 5.41 Å². The number of aromatic nitrogens is 2. The molecule has 98 valence electrons. The van der Waals surface area contributed by atoms with Crippen LogP contribution in [-0.2, 0) is 6.54 Å². The largest absolute Gasteiger partial charge is 0.488 e. The monoisotopic (exact) mass is 239 g/mol. The van der Waals surface area contributed by atoms with E-state index in [1.807, 2.05) is 24.7 Å². The summed E-state index contributed by atoms with van der Waals surface area (Å²) < 4.78 is 7.54. The van der Waals surface area contributed by atoms with E-state index < -0.39 is 0 Å². The third-order valence-electron chi connectivity index (χ3n) is 2.42. The second-order valence-corrected chi connectivity index (χ2v) is 5.48. The predicted molar refractivity (Wildman–Crippen MR) is 70.3 cm³/mol. The Morgan fingerprint density at radius 3 is 2.76 bits per heavy atom. The first-order chi connectivity index (χ1) is 7.93. The van der Waals surface area contributed by atoms with Gasteiger partial charge in [-0.05, 0) is 25.8 Å². The summed E-state index contributed by atoms with van der Waals surface area (Å²) >= 11 is 0. The van der Waals surface area contributed by atoms with Crippen LogP contribution >= 0.6 is 0 Å². The Hall–Kier alpha value is -1.03. The second kappa shape index (κ2) is 6.05. The minimum Gasteiger partial charge on any atom is -0.488 e. The lowest BCUT2D eigenvalue weighted by molar-refractivity contribution is 0.240. The molecule has 0 amide bonds. The fourth-order valence-electron chi connectivity index (χ4n) is 1.72. The van der Waals surface area contributed by atoms with Gasteiger partial charge in [0.25, 0.3) is 0 Å². The molecule has 0 spiro atoms. The fourth-order valence-corrected chi connectivity index (χ4v) is 1.72. The number of hydrogen-bond acceptors (Lipinski definition) is 3. The average Bonchev–Trinajstić information content (AvgIpc) is 2.60. The number of nitrogens with one attached hydrogen (secondary N) is 1. The standard InChI is InChI=1S/C13H25N3O/c1-6-14-9-13(4,5)10-16-8-12(7-15-16)17-11(2)3/h7-8,11,14H,6,9-10H2,1-5H3. The number of nitrogens with zero attached hydrogens (tertiary/aromatic N) is 2. The summed E-state index contributed by atoms with van der Waals surface area (Å²) in [5.41, 5.74) is 0.192. The lowest BCUT2D eigenvalue weighted by Gasteiger charge is -2.24. The van der Waals surface area contributed by atoms with Crippen LogP contribution in [0.5, 0.6) is 5.75 Å². The van der Waals surface area contributed by atoms with Gasteiger partial charge in [-0.2, -0.15) is 5.10 Å². The molecule has 0 aromatic carbocycles. The molecule has 0 saturated heterocycles. The summed E-state index contributed by atoms with van der Waals surface area (Å²) in [7, 11) is 0. The van der Waals surface area contributed by atoms with Crippen LogP contribution in [-0.4, -0.2) is 29.0 Å². The normalized spacial score (nSPS) is 12.1. The Labute approximate surface area is 104 Å². The van der Waals surface area contributed by atoms with Gasteiger partial charge in [-0.1, -0.05) is 20.8 Å². The minimum atomic E-state index is 0.192. The molecule has 4 heteroatoms. The molecular formula is C13H25N3O. The van der Waals surface area contributed by atoms with Crippen LogP contribution < -0.4 is 10.1 Å². The smallest absolute Gasteiger partial charge is 0.157 e. The van der Waals surface area contributed by atoms with Gasteiger partial charge in [0, 0.05) is 13.1 Å². The van der Waals surface area contributed by atoms with Crippen molar-refractivity contribution in [3.05, 3.63) is 12.4 Å². The van der Waals surface area contributed by atoms with Gasteiger partial charge in [-0.25, -0.2) is 0 Å². The van der Waals surface area contributed by atoms with Gasteiger partial charge in [-0.3, -0.25) is 4.68 Å². The van der Waals surface area contributed by atoms with Gasteiger partial charge in [0.15, 0.2) is 5.75 Å². The van der Waals surface area contributed by atoms with E-state index in [2.05, 4.69) is 31.2 Å². The van der Waals surface area contributed by atoms with Gasteiger partial charge in [0.1, 0.15) is 0 Å². The molecule has 1 aromatic heterocycles. The maximum atomic E-state index is 5.59. The Kier molecular flexibility index (Phi) is 5.00. The molecule has 17 heavy (non-hydrogen) atoms. The molecule has 4 nitrogen and oxygen atoms in total. The molecule has 0 aliphatic carbocycles. The lowest BCUT2D eigenvalue weighted by atomic mass is 9.93. The fraction of sp³-hybridized carbons (Fsp3) is 0.769.